The number of rotatable bonds is 11. The van der Waals surface area contributed by atoms with E-state index in [0.717, 1.165) is 17.7 Å². The van der Waals surface area contributed by atoms with Crippen LogP contribution < -0.4 is 5.32 Å². The van der Waals surface area contributed by atoms with Crippen molar-refractivity contribution in [3.8, 4) is 0 Å². The third-order valence-corrected chi connectivity index (χ3v) is 9.48. The maximum absolute atomic E-state index is 13.9. The third-order valence-electron chi connectivity index (χ3n) is 9.48. The van der Waals surface area contributed by atoms with Gasteiger partial charge in [0.05, 0.1) is 37.1 Å². The summed E-state index contributed by atoms with van der Waals surface area (Å²) >= 11 is 0. The van der Waals surface area contributed by atoms with Crippen LogP contribution in [0.15, 0.2) is 36.4 Å². The van der Waals surface area contributed by atoms with Gasteiger partial charge in [0.25, 0.3) is 5.91 Å². The number of hydrogen-bond acceptors (Lipinski definition) is 8. The van der Waals surface area contributed by atoms with Crippen LogP contribution in [0.3, 0.4) is 0 Å². The van der Waals surface area contributed by atoms with E-state index in [1.165, 1.54) is 9.80 Å². The number of aliphatic hydroxyl groups excluding tert-OH is 1. The van der Waals surface area contributed by atoms with E-state index >= 15 is 0 Å². The van der Waals surface area contributed by atoms with Gasteiger partial charge in [-0.25, -0.2) is 0 Å². The summed E-state index contributed by atoms with van der Waals surface area (Å²) in [6.45, 7) is 6.54. The van der Waals surface area contributed by atoms with Gasteiger partial charge in [-0.1, -0.05) is 12.1 Å². The topological polar surface area (TPSA) is 97.8 Å². The van der Waals surface area contributed by atoms with E-state index in [4.69, 9.17) is 9.47 Å². The molecule has 0 saturated carbocycles. The molecule has 3 saturated heterocycles. The van der Waals surface area contributed by atoms with Gasteiger partial charge in [-0.05, 0) is 48.7 Å². The van der Waals surface area contributed by atoms with Crippen LogP contribution in [0.2, 0.25) is 0 Å². The first kappa shape index (κ1) is 37.8. The largest absolute Gasteiger partial charge is 0.416 e. The molecular formula is C34H43F6N5O5. The number of methoxy groups -OCH3 is 1. The normalized spacial score (nSPS) is 22.7. The molecule has 0 bridgehead atoms. The number of morpholine rings is 1. The van der Waals surface area contributed by atoms with Crippen LogP contribution in [-0.2, 0) is 33.0 Å². The lowest BCUT2D eigenvalue weighted by molar-refractivity contribution is -0.143. The Morgan fingerprint density at radius 3 is 2.28 bits per heavy atom. The van der Waals surface area contributed by atoms with Crippen LogP contribution in [0.25, 0.3) is 0 Å². The standard InChI is InChI=1S/C34H43F6N5O5/c1-22-3-4-23(14-29(22)41-21-45-30(46)5-6-31(45)47)13-27-18-42(7-8-43-11-12-50-28(19-43)20-49-2)9-10-44(27)32(48)24-15-25(33(35,36)37)17-26(16-24)34(38,39)40/h3-4,14-17,27-28,30,41,46H,5-13,18-21H2,1-2H3. The highest BCUT2D eigenvalue weighted by molar-refractivity contribution is 5.95. The smallest absolute Gasteiger partial charge is 0.382 e. The van der Waals surface area contributed by atoms with E-state index in [-0.39, 0.29) is 44.1 Å². The molecule has 3 aliphatic heterocycles. The number of alkyl halides is 6. The first-order valence-electron chi connectivity index (χ1n) is 16.6. The number of ether oxygens (including phenoxy) is 2. The van der Waals surface area contributed by atoms with Crippen molar-refractivity contribution in [3.05, 3.63) is 64.2 Å². The Bertz CT molecular complexity index is 1470. The number of nitrogens with one attached hydrogen (secondary N) is 1. The molecule has 0 radical (unpaired) electrons. The average molecular weight is 716 g/mol. The van der Waals surface area contributed by atoms with Gasteiger partial charge in [0.2, 0.25) is 5.91 Å². The summed E-state index contributed by atoms with van der Waals surface area (Å²) < 4.78 is 93.0. The number of carbonyl (C=O) groups is 2. The molecule has 0 spiro atoms. The number of aliphatic hydroxyl groups is 1. The van der Waals surface area contributed by atoms with E-state index in [0.29, 0.717) is 70.2 Å². The van der Waals surface area contributed by atoms with E-state index in [2.05, 4.69) is 15.1 Å². The zero-order chi connectivity index (χ0) is 36.2. The monoisotopic (exact) mass is 715 g/mol. The van der Waals surface area contributed by atoms with Crippen molar-refractivity contribution >= 4 is 17.5 Å². The fourth-order valence-electron chi connectivity index (χ4n) is 6.70. The molecule has 3 fully saturated rings. The lowest BCUT2D eigenvalue weighted by Crippen LogP contribution is -2.57. The number of anilines is 1. The quantitative estimate of drug-likeness (QED) is 0.337. The summed E-state index contributed by atoms with van der Waals surface area (Å²) in [5.74, 6) is -1.08. The Kier molecular flexibility index (Phi) is 12.0. The van der Waals surface area contributed by atoms with Crippen LogP contribution in [0.5, 0.6) is 0 Å². The number of amides is 2. The predicted octanol–water partition coefficient (Wildman–Crippen LogP) is 4.06. The van der Waals surface area contributed by atoms with Crippen LogP contribution in [0, 0.1) is 6.92 Å². The Morgan fingerprint density at radius 2 is 1.66 bits per heavy atom. The van der Waals surface area contributed by atoms with Crippen molar-refractivity contribution in [1.82, 2.24) is 19.6 Å². The van der Waals surface area contributed by atoms with Gasteiger partial charge < -0.3 is 24.8 Å². The molecule has 3 aliphatic rings. The Morgan fingerprint density at radius 1 is 0.980 bits per heavy atom. The number of benzene rings is 2. The molecule has 2 N–H and O–H groups in total. The molecule has 5 rings (SSSR count). The second-order valence-corrected chi connectivity index (χ2v) is 13.1. The Balaban J connectivity index is 1.37. The van der Waals surface area contributed by atoms with Crippen molar-refractivity contribution in [3.63, 3.8) is 0 Å². The molecule has 10 nitrogen and oxygen atoms in total. The molecular weight excluding hydrogens is 672 g/mol. The zero-order valence-corrected chi connectivity index (χ0v) is 28.0. The van der Waals surface area contributed by atoms with Crippen molar-refractivity contribution < 1.29 is 50.5 Å². The SMILES string of the molecule is COCC1CN(CCN2CCN(C(=O)c3cc(C(F)(F)F)cc(C(F)(F)F)c3)C(Cc3ccc(C)c(NCN4C(=O)CCC4O)c3)C2)CCO1. The van der Waals surface area contributed by atoms with E-state index in [1.807, 2.05) is 25.1 Å². The Labute approximate surface area is 286 Å². The number of halogens is 6. The number of aryl methyl sites for hydroxylation is 1. The summed E-state index contributed by atoms with van der Waals surface area (Å²) in [4.78, 5) is 33.1. The molecule has 2 amide bonds. The van der Waals surface area contributed by atoms with Gasteiger partial charge >= 0.3 is 12.4 Å². The molecule has 50 heavy (non-hydrogen) atoms. The summed E-state index contributed by atoms with van der Waals surface area (Å²) in [6.07, 6.45) is -10.3. The van der Waals surface area contributed by atoms with Crippen LogP contribution in [0.4, 0.5) is 32.0 Å². The van der Waals surface area contributed by atoms with Gasteiger partial charge in [0.15, 0.2) is 0 Å². The van der Waals surface area contributed by atoms with E-state index < -0.39 is 47.2 Å². The van der Waals surface area contributed by atoms with Gasteiger partial charge in [-0.3, -0.25) is 24.3 Å². The second-order valence-electron chi connectivity index (χ2n) is 13.1. The van der Waals surface area contributed by atoms with E-state index in [9.17, 15) is 41.0 Å². The Hall–Kier alpha value is -3.44. The molecule has 3 heterocycles. The number of hydrogen-bond donors (Lipinski definition) is 2. The average Bonchev–Trinajstić information content (AvgIpc) is 3.39. The number of carbonyl (C=O) groups excluding carboxylic acids is 2. The van der Waals surface area contributed by atoms with Crippen LogP contribution in [-0.4, -0.2) is 128 Å². The fourth-order valence-corrected chi connectivity index (χ4v) is 6.70. The number of nitrogens with zero attached hydrogens (tertiary/aromatic N) is 4. The lowest BCUT2D eigenvalue weighted by atomic mass is 9.98. The molecule has 2 aromatic carbocycles. The van der Waals surface area contributed by atoms with Gasteiger partial charge in [0.1, 0.15) is 6.23 Å². The number of likely N-dealkylation sites (tertiary alicyclic amines) is 1. The minimum atomic E-state index is -5.09. The summed E-state index contributed by atoms with van der Waals surface area (Å²) in [6, 6.07) is 5.96. The van der Waals surface area contributed by atoms with E-state index in [1.54, 1.807) is 7.11 Å². The highest BCUT2D eigenvalue weighted by Gasteiger charge is 2.39. The summed E-state index contributed by atoms with van der Waals surface area (Å²) in [7, 11) is 1.61. The maximum atomic E-state index is 13.9. The van der Waals surface area contributed by atoms with Gasteiger partial charge in [-0.15, -0.1) is 0 Å². The van der Waals surface area contributed by atoms with Gasteiger partial charge in [0, 0.05) is 83.1 Å². The summed E-state index contributed by atoms with van der Waals surface area (Å²) in [5, 5.41) is 13.3. The fraction of sp³-hybridized carbons (Fsp3) is 0.588. The molecule has 0 aliphatic carbocycles. The van der Waals surface area contributed by atoms with Crippen LogP contribution in [0.1, 0.15) is 45.5 Å². The van der Waals surface area contributed by atoms with Crippen molar-refractivity contribution in [2.75, 3.05) is 78.1 Å². The zero-order valence-electron chi connectivity index (χ0n) is 28.0. The molecule has 0 aromatic heterocycles. The molecule has 3 atom stereocenters. The predicted molar refractivity (Wildman–Crippen MR) is 171 cm³/mol. The highest BCUT2D eigenvalue weighted by Crippen LogP contribution is 2.37. The second kappa shape index (κ2) is 15.8. The third kappa shape index (κ3) is 9.46. The van der Waals surface area contributed by atoms with Crippen LogP contribution >= 0.6 is 0 Å². The summed E-state index contributed by atoms with van der Waals surface area (Å²) in [5.41, 5.74) is -1.45. The minimum absolute atomic E-state index is 0.0184. The molecule has 2 aromatic rings. The van der Waals surface area contributed by atoms with Crippen molar-refractivity contribution in [2.45, 2.75) is 56.9 Å². The maximum Gasteiger partial charge on any atom is 0.416 e. The first-order chi connectivity index (χ1) is 23.6. The minimum Gasteiger partial charge on any atom is -0.382 e. The molecule has 16 heteroatoms. The molecule has 276 valence electrons. The molecule has 3 unspecified atom stereocenters. The highest BCUT2D eigenvalue weighted by atomic mass is 19.4. The van der Waals surface area contributed by atoms with Gasteiger partial charge in [-0.2, -0.15) is 26.3 Å². The number of piperazine rings is 1. The lowest BCUT2D eigenvalue weighted by Gasteiger charge is -2.43. The van der Waals surface area contributed by atoms with Crippen molar-refractivity contribution in [2.24, 2.45) is 0 Å². The van der Waals surface area contributed by atoms with Crippen molar-refractivity contribution in [1.29, 1.82) is 0 Å². The first-order valence-corrected chi connectivity index (χ1v) is 16.6.